The molecule has 1 amide bonds. The lowest BCUT2D eigenvalue weighted by molar-refractivity contribution is -0.123. The van der Waals surface area contributed by atoms with Gasteiger partial charge in [-0.2, -0.15) is 0 Å². The van der Waals surface area contributed by atoms with Gasteiger partial charge in [0, 0.05) is 13.0 Å². The average molecular weight is 833 g/mol. The number of rotatable bonds is 43. The summed E-state index contributed by atoms with van der Waals surface area (Å²) in [5, 5.41) is 13.7. The van der Waals surface area contributed by atoms with Crippen molar-refractivity contribution in [1.82, 2.24) is 5.32 Å². The number of allylic oxidation sites excluding steroid dienone is 11. The second kappa shape index (κ2) is 44.5. The van der Waals surface area contributed by atoms with Gasteiger partial charge in [-0.1, -0.05) is 196 Å². The first-order chi connectivity index (χ1) is 28.4. The van der Waals surface area contributed by atoms with E-state index in [0.29, 0.717) is 6.42 Å². The quantitative estimate of drug-likeness (QED) is 0.0273. The lowest BCUT2D eigenvalue weighted by atomic mass is 10.0. The van der Waals surface area contributed by atoms with Gasteiger partial charge in [-0.3, -0.25) is 13.8 Å². The minimum absolute atomic E-state index is 0.0694. The zero-order chi connectivity index (χ0) is 42.5. The Kier molecular flexibility index (Phi) is 42.9. The molecule has 0 aliphatic rings. The first-order valence-electron chi connectivity index (χ1n) is 23.6. The number of nitrogens with one attached hydrogen (secondary N) is 1. The highest BCUT2D eigenvalue weighted by molar-refractivity contribution is 7.47. The zero-order valence-electron chi connectivity index (χ0n) is 37.3. The van der Waals surface area contributed by atoms with Crippen LogP contribution in [0.2, 0.25) is 0 Å². The van der Waals surface area contributed by atoms with E-state index in [2.05, 4.69) is 79.9 Å². The summed E-state index contributed by atoms with van der Waals surface area (Å²) in [6.45, 7) is 3.99. The fourth-order valence-corrected chi connectivity index (χ4v) is 7.25. The van der Waals surface area contributed by atoms with Crippen molar-refractivity contribution >= 4 is 13.7 Å². The van der Waals surface area contributed by atoms with Crippen molar-refractivity contribution in [2.24, 2.45) is 5.73 Å². The molecule has 0 radical (unpaired) electrons. The molecule has 0 aliphatic heterocycles. The summed E-state index contributed by atoms with van der Waals surface area (Å²) in [5.41, 5.74) is 5.38. The highest BCUT2D eigenvalue weighted by Crippen LogP contribution is 2.43. The predicted molar refractivity (Wildman–Crippen MR) is 249 cm³/mol. The molecule has 0 saturated carbocycles. The second-order valence-corrected chi connectivity index (χ2v) is 17.0. The molecule has 3 atom stereocenters. The summed E-state index contributed by atoms with van der Waals surface area (Å²) in [7, 11) is -4.36. The predicted octanol–water partition coefficient (Wildman–Crippen LogP) is 13.6. The van der Waals surface area contributed by atoms with Gasteiger partial charge in [-0.25, -0.2) is 4.57 Å². The van der Waals surface area contributed by atoms with Crippen LogP contribution in [0.25, 0.3) is 0 Å². The highest BCUT2D eigenvalue weighted by atomic mass is 31.2. The van der Waals surface area contributed by atoms with E-state index in [4.69, 9.17) is 14.8 Å². The molecule has 0 aliphatic carbocycles. The van der Waals surface area contributed by atoms with Crippen LogP contribution in [-0.2, 0) is 18.4 Å². The molecular weight excluding hydrogens is 744 g/mol. The molecule has 0 aromatic carbocycles. The number of carbonyl (C=O) groups is 1. The fourth-order valence-electron chi connectivity index (χ4n) is 6.49. The number of nitrogens with two attached hydrogens (primary N) is 1. The van der Waals surface area contributed by atoms with Crippen LogP contribution >= 0.6 is 7.82 Å². The summed E-state index contributed by atoms with van der Waals surface area (Å²) >= 11 is 0. The number of hydrogen-bond donors (Lipinski definition) is 4. The van der Waals surface area contributed by atoms with E-state index in [1.165, 1.54) is 103 Å². The largest absolute Gasteiger partial charge is 0.472 e. The summed E-state index contributed by atoms with van der Waals surface area (Å²) in [6, 6.07) is -0.885. The fraction of sp³-hybridized carbons (Fsp3) is 0.735. The van der Waals surface area contributed by atoms with Crippen molar-refractivity contribution in [3.05, 3.63) is 72.9 Å². The Balaban J connectivity index is 4.23. The zero-order valence-corrected chi connectivity index (χ0v) is 38.2. The molecule has 0 fully saturated rings. The van der Waals surface area contributed by atoms with Crippen molar-refractivity contribution in [2.45, 2.75) is 212 Å². The van der Waals surface area contributed by atoms with Crippen molar-refractivity contribution in [3.8, 4) is 0 Å². The smallest absolute Gasteiger partial charge is 0.387 e. The monoisotopic (exact) mass is 833 g/mol. The molecule has 0 aromatic rings. The van der Waals surface area contributed by atoms with Gasteiger partial charge >= 0.3 is 7.82 Å². The molecule has 0 rings (SSSR count). The number of aliphatic hydroxyl groups excluding tert-OH is 1. The minimum Gasteiger partial charge on any atom is -0.387 e. The van der Waals surface area contributed by atoms with E-state index < -0.39 is 20.0 Å². The van der Waals surface area contributed by atoms with E-state index in [1.54, 1.807) is 6.08 Å². The number of phosphoric ester groups is 1. The molecule has 5 N–H and O–H groups in total. The lowest BCUT2D eigenvalue weighted by Crippen LogP contribution is -2.45. The average Bonchev–Trinajstić information content (AvgIpc) is 3.21. The van der Waals surface area contributed by atoms with Gasteiger partial charge in [0.2, 0.25) is 5.91 Å². The normalized spacial score (nSPS) is 14.6. The molecule has 0 aromatic heterocycles. The van der Waals surface area contributed by atoms with E-state index in [1.807, 2.05) is 6.08 Å². The van der Waals surface area contributed by atoms with Crippen LogP contribution < -0.4 is 11.1 Å². The first-order valence-corrected chi connectivity index (χ1v) is 25.1. The molecular formula is C49H89N2O6P. The SMILES string of the molecule is CC/C=C\C/C=C\C/C=C\C/C=C\CCCCCCCCCCC(=O)NC(COP(=O)(O)OCCN)C(O)/C=C/CC/C=C/CCCCCCCCCCCCCC. The number of carbonyl (C=O) groups excluding carboxylic acids is 1. The van der Waals surface area contributed by atoms with E-state index in [9.17, 15) is 19.4 Å². The Hall–Kier alpha value is -2.06. The van der Waals surface area contributed by atoms with Crippen molar-refractivity contribution in [1.29, 1.82) is 0 Å². The standard InChI is InChI=1S/C49H89N2O6P/c1-3-5-7-9-11-13-15-17-19-21-23-24-25-27-29-31-33-35-37-39-41-43-49(53)51-47(46-57-58(54,55)56-45-44-50)48(52)42-40-38-36-34-32-30-28-26-22-20-18-16-14-12-10-8-6-4-2/h5,7,11,13,17,19,23-24,32,34,40,42,47-48,52H,3-4,6,8-10,12,14-16,18,20-22,25-31,33,35-39,41,43-46,50H2,1-2H3,(H,51,53)(H,54,55)/b7-5-,13-11-,19-17-,24-23-,34-32+,42-40+. The van der Waals surface area contributed by atoms with Crippen LogP contribution in [0.15, 0.2) is 72.9 Å². The molecule has 58 heavy (non-hydrogen) atoms. The second-order valence-electron chi connectivity index (χ2n) is 15.6. The maximum Gasteiger partial charge on any atom is 0.472 e. The molecule has 9 heteroatoms. The highest BCUT2D eigenvalue weighted by Gasteiger charge is 2.26. The minimum atomic E-state index is -4.36. The van der Waals surface area contributed by atoms with E-state index >= 15 is 0 Å². The van der Waals surface area contributed by atoms with E-state index in [0.717, 1.165) is 77.0 Å². The van der Waals surface area contributed by atoms with Gasteiger partial charge in [-0.15, -0.1) is 0 Å². The maximum atomic E-state index is 12.8. The van der Waals surface area contributed by atoms with Gasteiger partial charge in [0.1, 0.15) is 0 Å². The van der Waals surface area contributed by atoms with Crippen molar-refractivity contribution < 1.29 is 28.4 Å². The van der Waals surface area contributed by atoms with Gasteiger partial charge < -0.3 is 21.1 Å². The third kappa shape index (κ3) is 42.1. The third-order valence-electron chi connectivity index (χ3n) is 10.0. The van der Waals surface area contributed by atoms with Crippen LogP contribution in [0.1, 0.15) is 200 Å². The Morgan fingerprint density at radius 3 is 1.53 bits per heavy atom. The Morgan fingerprint density at radius 2 is 1.02 bits per heavy atom. The summed E-state index contributed by atoms with van der Waals surface area (Å²) in [4.78, 5) is 22.8. The van der Waals surface area contributed by atoms with Crippen molar-refractivity contribution in [2.75, 3.05) is 19.8 Å². The Morgan fingerprint density at radius 1 is 0.586 bits per heavy atom. The van der Waals surface area contributed by atoms with Crippen LogP contribution in [0.5, 0.6) is 0 Å². The van der Waals surface area contributed by atoms with Crippen LogP contribution in [-0.4, -0.2) is 47.8 Å². The lowest BCUT2D eigenvalue weighted by Gasteiger charge is -2.23. The molecule has 8 nitrogen and oxygen atoms in total. The molecule has 0 heterocycles. The Labute approximate surface area is 357 Å². The van der Waals surface area contributed by atoms with Gasteiger partial charge in [0.15, 0.2) is 0 Å². The van der Waals surface area contributed by atoms with E-state index in [-0.39, 0.29) is 25.7 Å². The topological polar surface area (TPSA) is 131 Å². The molecule has 3 unspecified atom stereocenters. The number of hydrogen-bond acceptors (Lipinski definition) is 6. The molecule has 0 saturated heterocycles. The molecule has 0 bridgehead atoms. The molecule has 336 valence electrons. The maximum absolute atomic E-state index is 12.8. The summed E-state index contributed by atoms with van der Waals surface area (Å²) in [6.07, 6.45) is 58.1. The first kappa shape index (κ1) is 55.9. The van der Waals surface area contributed by atoms with Crippen LogP contribution in [0.4, 0.5) is 0 Å². The number of unbranched alkanes of at least 4 members (excludes halogenated alkanes) is 21. The summed E-state index contributed by atoms with van der Waals surface area (Å²) in [5.74, 6) is -0.215. The Bertz CT molecular complexity index is 1130. The van der Waals surface area contributed by atoms with Crippen LogP contribution in [0, 0.1) is 0 Å². The number of aliphatic hydroxyl groups is 1. The number of phosphoric acid groups is 1. The summed E-state index contributed by atoms with van der Waals surface area (Å²) < 4.78 is 22.2. The van der Waals surface area contributed by atoms with Gasteiger partial charge in [-0.05, 0) is 70.6 Å². The van der Waals surface area contributed by atoms with Gasteiger partial charge in [0.05, 0.1) is 25.4 Å². The third-order valence-corrected chi connectivity index (χ3v) is 11.0. The van der Waals surface area contributed by atoms with Crippen LogP contribution in [0.3, 0.4) is 0 Å². The molecule has 0 spiro atoms. The van der Waals surface area contributed by atoms with Crippen molar-refractivity contribution in [3.63, 3.8) is 0 Å². The number of amides is 1. The van der Waals surface area contributed by atoms with Gasteiger partial charge in [0.25, 0.3) is 0 Å².